The molecule has 2 amide bonds. The molecule has 1 saturated heterocycles. The Labute approximate surface area is 141 Å². The molecule has 1 aliphatic heterocycles. The van der Waals surface area contributed by atoms with Crippen LogP contribution in [0.25, 0.3) is 0 Å². The normalized spacial score (nSPS) is 28.1. The number of carbonyl (C=O) groups is 2. The lowest BCUT2D eigenvalue weighted by atomic mass is 9.93. The summed E-state index contributed by atoms with van der Waals surface area (Å²) in [4.78, 5) is 30.9. The molecule has 2 atom stereocenters. The summed E-state index contributed by atoms with van der Waals surface area (Å²) in [5.74, 6) is -0.425. The van der Waals surface area contributed by atoms with Crippen LogP contribution in [0.4, 0.5) is 0 Å². The average Bonchev–Trinajstić information content (AvgIpc) is 3.17. The van der Waals surface area contributed by atoms with Crippen LogP contribution in [0.15, 0.2) is 54.9 Å². The Kier molecular flexibility index (Phi) is 3.48. The van der Waals surface area contributed by atoms with Crippen molar-refractivity contribution in [2.24, 2.45) is 11.8 Å². The van der Waals surface area contributed by atoms with Gasteiger partial charge in [0.2, 0.25) is 11.8 Å². The number of pyridine rings is 1. The van der Waals surface area contributed by atoms with Crippen molar-refractivity contribution in [1.29, 1.82) is 0 Å². The predicted octanol–water partition coefficient (Wildman–Crippen LogP) is 2.59. The molecule has 4 heteroatoms. The maximum absolute atomic E-state index is 12.7. The number of imide groups is 1. The fourth-order valence-electron chi connectivity index (χ4n) is 4.10. The third kappa shape index (κ3) is 2.17. The molecule has 0 radical (unpaired) electrons. The maximum atomic E-state index is 12.7. The minimum absolute atomic E-state index is 0.00980. The van der Waals surface area contributed by atoms with Crippen molar-refractivity contribution in [1.82, 2.24) is 9.88 Å². The molecule has 0 spiro atoms. The van der Waals surface area contributed by atoms with Gasteiger partial charge in [-0.2, -0.15) is 0 Å². The first-order valence-corrected chi connectivity index (χ1v) is 8.43. The molecule has 4 rings (SSSR count). The van der Waals surface area contributed by atoms with E-state index in [0.29, 0.717) is 6.54 Å². The van der Waals surface area contributed by atoms with E-state index in [1.165, 1.54) is 10.5 Å². The molecule has 1 saturated carbocycles. The molecule has 0 bridgehead atoms. The zero-order valence-electron chi connectivity index (χ0n) is 13.7. The number of hydrogen-bond donors (Lipinski definition) is 0. The number of nitrogens with zero attached hydrogens (tertiary/aromatic N) is 2. The van der Waals surface area contributed by atoms with Crippen LogP contribution in [0.1, 0.15) is 24.5 Å². The second-order valence-electron chi connectivity index (χ2n) is 6.90. The second-order valence-corrected chi connectivity index (χ2v) is 6.90. The highest BCUT2D eigenvalue weighted by molar-refractivity contribution is 6.11. The smallest absolute Gasteiger partial charge is 0.234 e. The summed E-state index contributed by atoms with van der Waals surface area (Å²) in [5.41, 5.74) is 1.87. The van der Waals surface area contributed by atoms with E-state index in [-0.39, 0.29) is 29.1 Å². The van der Waals surface area contributed by atoms with E-state index in [9.17, 15) is 9.59 Å². The van der Waals surface area contributed by atoms with Gasteiger partial charge in [-0.25, -0.2) is 0 Å². The van der Waals surface area contributed by atoms with Gasteiger partial charge in [0.25, 0.3) is 0 Å². The molecular weight excluding hydrogens is 300 g/mol. The summed E-state index contributed by atoms with van der Waals surface area (Å²) in [6.45, 7) is 2.53. The summed E-state index contributed by atoms with van der Waals surface area (Å²) in [6, 6.07) is 14.0. The fraction of sp³-hybridized carbons (Fsp3) is 0.350. The van der Waals surface area contributed by atoms with Crippen molar-refractivity contribution in [3.05, 3.63) is 66.0 Å². The van der Waals surface area contributed by atoms with E-state index >= 15 is 0 Å². The molecule has 2 fully saturated rings. The van der Waals surface area contributed by atoms with Crippen molar-refractivity contribution in [2.45, 2.75) is 25.2 Å². The lowest BCUT2D eigenvalue weighted by Crippen LogP contribution is -2.38. The lowest BCUT2D eigenvalue weighted by Gasteiger charge is -2.22. The number of carbonyl (C=O) groups excluding carboxylic acids is 2. The van der Waals surface area contributed by atoms with Crippen LogP contribution in [0.5, 0.6) is 0 Å². The van der Waals surface area contributed by atoms with E-state index in [4.69, 9.17) is 0 Å². The topological polar surface area (TPSA) is 50.3 Å². The summed E-state index contributed by atoms with van der Waals surface area (Å²) < 4.78 is 0. The Morgan fingerprint density at radius 2 is 1.75 bits per heavy atom. The number of likely N-dealkylation sites (tertiary alicyclic amines) is 1. The van der Waals surface area contributed by atoms with Gasteiger partial charge in [0.1, 0.15) is 0 Å². The minimum atomic E-state index is -0.363. The molecule has 1 aliphatic carbocycles. The Morgan fingerprint density at radius 3 is 2.38 bits per heavy atom. The van der Waals surface area contributed by atoms with Crippen molar-refractivity contribution < 1.29 is 9.59 Å². The molecule has 2 heterocycles. The summed E-state index contributed by atoms with van der Waals surface area (Å²) in [7, 11) is 0. The van der Waals surface area contributed by atoms with Gasteiger partial charge in [0, 0.05) is 24.4 Å². The van der Waals surface area contributed by atoms with Gasteiger partial charge in [0.05, 0.1) is 11.8 Å². The first-order valence-electron chi connectivity index (χ1n) is 8.43. The molecule has 1 aromatic heterocycles. The highest BCUT2D eigenvalue weighted by atomic mass is 16.2. The number of rotatable bonds is 5. The molecule has 4 nitrogen and oxygen atoms in total. The van der Waals surface area contributed by atoms with Gasteiger partial charge in [-0.15, -0.1) is 0 Å². The molecule has 24 heavy (non-hydrogen) atoms. The van der Waals surface area contributed by atoms with Crippen molar-refractivity contribution in [3.8, 4) is 0 Å². The van der Waals surface area contributed by atoms with Gasteiger partial charge in [-0.1, -0.05) is 43.3 Å². The third-order valence-corrected chi connectivity index (χ3v) is 5.55. The van der Waals surface area contributed by atoms with Crippen LogP contribution < -0.4 is 0 Å². The van der Waals surface area contributed by atoms with Gasteiger partial charge in [0.15, 0.2) is 0 Å². The third-order valence-electron chi connectivity index (χ3n) is 5.55. The first kappa shape index (κ1) is 15.1. The highest BCUT2D eigenvalue weighted by Crippen LogP contribution is 2.64. The van der Waals surface area contributed by atoms with E-state index in [1.807, 2.05) is 37.3 Å². The molecule has 2 unspecified atom stereocenters. The van der Waals surface area contributed by atoms with Gasteiger partial charge in [-0.3, -0.25) is 19.5 Å². The van der Waals surface area contributed by atoms with Crippen LogP contribution in [0, 0.1) is 11.8 Å². The number of aryl methyl sites for hydroxylation is 1. The van der Waals surface area contributed by atoms with Crippen LogP contribution in [-0.4, -0.2) is 28.2 Å². The maximum Gasteiger partial charge on any atom is 0.234 e. The summed E-state index contributed by atoms with van der Waals surface area (Å²) >= 11 is 0. The standard InChI is InChI=1S/C20H20N2O2/c1-20(15-10-5-11-21-13-15)16-17(20)19(24)22(18(16)23)12-6-9-14-7-3-2-4-8-14/h2-5,7-8,10-11,13,16-17H,6,9,12H2,1H3. The first-order chi connectivity index (χ1) is 11.6. The number of fused-ring (bicyclic) bond motifs is 1. The Hall–Kier alpha value is -2.49. The van der Waals surface area contributed by atoms with E-state index < -0.39 is 0 Å². The van der Waals surface area contributed by atoms with Gasteiger partial charge < -0.3 is 0 Å². The summed E-state index contributed by atoms with van der Waals surface area (Å²) in [6.07, 6.45) is 5.18. The summed E-state index contributed by atoms with van der Waals surface area (Å²) in [5, 5.41) is 0. The van der Waals surface area contributed by atoms with Gasteiger partial charge >= 0.3 is 0 Å². The Morgan fingerprint density at radius 1 is 1.04 bits per heavy atom. The van der Waals surface area contributed by atoms with Crippen molar-refractivity contribution >= 4 is 11.8 Å². The average molecular weight is 320 g/mol. The quantitative estimate of drug-likeness (QED) is 0.796. The molecule has 1 aromatic carbocycles. The van der Waals surface area contributed by atoms with Gasteiger partial charge in [-0.05, 0) is 30.0 Å². The zero-order valence-corrected chi connectivity index (χ0v) is 13.7. The molecular formula is C20H20N2O2. The van der Waals surface area contributed by atoms with E-state index in [2.05, 4.69) is 17.1 Å². The largest absolute Gasteiger partial charge is 0.282 e. The van der Waals surface area contributed by atoms with Crippen LogP contribution in [0.3, 0.4) is 0 Å². The number of hydrogen-bond acceptors (Lipinski definition) is 3. The molecule has 0 N–H and O–H groups in total. The van der Waals surface area contributed by atoms with Crippen LogP contribution in [-0.2, 0) is 21.4 Å². The van der Waals surface area contributed by atoms with E-state index in [1.54, 1.807) is 12.4 Å². The monoisotopic (exact) mass is 320 g/mol. The number of piperidine rings is 1. The second kappa shape index (κ2) is 5.55. The van der Waals surface area contributed by atoms with Crippen LogP contribution in [0.2, 0.25) is 0 Å². The van der Waals surface area contributed by atoms with Crippen LogP contribution >= 0.6 is 0 Å². The number of benzene rings is 1. The van der Waals surface area contributed by atoms with Crippen molar-refractivity contribution in [2.75, 3.05) is 6.54 Å². The minimum Gasteiger partial charge on any atom is -0.282 e. The molecule has 2 aromatic rings. The molecule has 2 aliphatic rings. The number of amides is 2. The lowest BCUT2D eigenvalue weighted by molar-refractivity contribution is -0.142. The highest BCUT2D eigenvalue weighted by Gasteiger charge is 2.75. The molecule has 122 valence electrons. The fourth-order valence-corrected chi connectivity index (χ4v) is 4.10. The number of aromatic nitrogens is 1. The SMILES string of the molecule is CC1(c2cccnc2)C2C(=O)N(CCCc3ccccc3)C(=O)C21. The Balaban J connectivity index is 1.41. The Bertz CT molecular complexity index is 751. The van der Waals surface area contributed by atoms with Crippen molar-refractivity contribution in [3.63, 3.8) is 0 Å². The van der Waals surface area contributed by atoms with E-state index in [0.717, 1.165) is 18.4 Å². The predicted molar refractivity (Wildman–Crippen MR) is 90.1 cm³/mol. The zero-order chi connectivity index (χ0) is 16.7.